The minimum Gasteiger partial charge on any atom is -0.481 e. The molecule has 0 aromatic heterocycles. The van der Waals surface area contributed by atoms with E-state index in [4.69, 9.17) is 0 Å². The van der Waals surface area contributed by atoms with Gasteiger partial charge in [0.05, 0.1) is 11.5 Å². The standard InChI is InChI=1S/C31H38FN3O4/c1-31(2,39)24-13-15-34(16-14-24)19-20-3-4-23-18-28(33-29(36)21-5-9-25(32)10-6-21)35(27(23)17-20)26-11-7-22(8-12-26)30(37)38/h3-6,9-10,17,22,24,26,39H,7-8,11-16,18-19H2,1-2H3,(H,37,38). The number of carboxylic acid groups (broad SMARTS) is 1. The van der Waals surface area contributed by atoms with Gasteiger partial charge in [0.2, 0.25) is 0 Å². The van der Waals surface area contributed by atoms with Crippen LogP contribution in [0.4, 0.5) is 10.1 Å². The number of anilines is 1. The van der Waals surface area contributed by atoms with Crippen LogP contribution in [0.15, 0.2) is 47.5 Å². The number of hydrogen-bond donors (Lipinski definition) is 2. The molecule has 208 valence electrons. The van der Waals surface area contributed by atoms with Gasteiger partial charge in [-0.05, 0) is 113 Å². The first-order chi connectivity index (χ1) is 18.6. The minimum absolute atomic E-state index is 0.0689. The zero-order valence-corrected chi connectivity index (χ0v) is 22.8. The predicted octanol–water partition coefficient (Wildman–Crippen LogP) is 5.05. The van der Waals surface area contributed by atoms with Gasteiger partial charge in [-0.3, -0.25) is 14.5 Å². The van der Waals surface area contributed by atoms with E-state index in [-0.39, 0.29) is 12.0 Å². The molecule has 2 aromatic carbocycles. The molecule has 3 aliphatic rings. The number of amides is 1. The van der Waals surface area contributed by atoms with Crippen molar-refractivity contribution in [1.29, 1.82) is 0 Å². The quantitative estimate of drug-likeness (QED) is 0.538. The molecule has 1 amide bonds. The summed E-state index contributed by atoms with van der Waals surface area (Å²) in [7, 11) is 0. The highest BCUT2D eigenvalue weighted by atomic mass is 19.1. The Morgan fingerprint density at radius 3 is 2.28 bits per heavy atom. The molecule has 1 saturated carbocycles. The van der Waals surface area contributed by atoms with Gasteiger partial charge < -0.3 is 15.1 Å². The molecule has 7 nitrogen and oxygen atoms in total. The number of halogens is 1. The fourth-order valence-electron chi connectivity index (χ4n) is 6.39. The number of carbonyl (C=O) groups excluding carboxylic acids is 1. The van der Waals surface area contributed by atoms with Crippen LogP contribution in [0.25, 0.3) is 0 Å². The number of aliphatic imine (C=N–C) groups is 1. The number of piperidine rings is 1. The number of amidine groups is 1. The first-order valence-electron chi connectivity index (χ1n) is 14.0. The molecule has 39 heavy (non-hydrogen) atoms. The Morgan fingerprint density at radius 2 is 1.67 bits per heavy atom. The Hall–Kier alpha value is -3.10. The highest BCUT2D eigenvalue weighted by molar-refractivity contribution is 6.12. The van der Waals surface area contributed by atoms with E-state index in [0.29, 0.717) is 36.6 Å². The number of carboxylic acids is 1. The van der Waals surface area contributed by atoms with E-state index in [1.54, 1.807) is 0 Å². The number of aliphatic carboxylic acids is 1. The average molecular weight is 536 g/mol. The van der Waals surface area contributed by atoms with Crippen molar-refractivity contribution in [3.63, 3.8) is 0 Å². The molecule has 0 atom stereocenters. The Bertz CT molecular complexity index is 1240. The largest absolute Gasteiger partial charge is 0.481 e. The lowest BCUT2D eigenvalue weighted by Crippen LogP contribution is -2.42. The van der Waals surface area contributed by atoms with Crippen LogP contribution in [0.1, 0.15) is 73.9 Å². The molecule has 0 unspecified atom stereocenters. The number of carbonyl (C=O) groups is 2. The third-order valence-electron chi connectivity index (χ3n) is 8.76. The second-order valence-corrected chi connectivity index (χ2v) is 11.9. The molecule has 2 aliphatic heterocycles. The maximum absolute atomic E-state index is 13.4. The summed E-state index contributed by atoms with van der Waals surface area (Å²) in [5, 5.41) is 19.9. The third kappa shape index (κ3) is 6.23. The Morgan fingerprint density at radius 1 is 1.00 bits per heavy atom. The van der Waals surface area contributed by atoms with Crippen molar-refractivity contribution >= 4 is 23.4 Å². The summed E-state index contributed by atoms with van der Waals surface area (Å²) in [4.78, 5) is 33.7. The lowest BCUT2D eigenvalue weighted by molar-refractivity contribution is -0.142. The van der Waals surface area contributed by atoms with E-state index in [1.807, 2.05) is 13.8 Å². The summed E-state index contributed by atoms with van der Waals surface area (Å²) in [6, 6.07) is 12.0. The van der Waals surface area contributed by atoms with Gasteiger partial charge in [0, 0.05) is 30.3 Å². The molecule has 5 rings (SSSR count). The number of likely N-dealkylation sites (tertiary alicyclic amines) is 1. The maximum atomic E-state index is 13.4. The maximum Gasteiger partial charge on any atom is 0.306 e. The van der Waals surface area contributed by atoms with Gasteiger partial charge in [0.1, 0.15) is 11.7 Å². The normalized spacial score (nSPS) is 23.7. The van der Waals surface area contributed by atoms with E-state index in [2.05, 4.69) is 33.0 Å². The highest BCUT2D eigenvalue weighted by Crippen LogP contribution is 2.38. The van der Waals surface area contributed by atoms with E-state index in [0.717, 1.165) is 56.6 Å². The molecule has 2 heterocycles. The first kappa shape index (κ1) is 27.5. The molecule has 0 radical (unpaired) electrons. The van der Waals surface area contributed by atoms with Gasteiger partial charge in [0.15, 0.2) is 0 Å². The second kappa shape index (κ2) is 11.2. The molecule has 0 bridgehead atoms. The van der Waals surface area contributed by atoms with Crippen molar-refractivity contribution < 1.29 is 24.2 Å². The lowest BCUT2D eigenvalue weighted by Gasteiger charge is -2.38. The van der Waals surface area contributed by atoms with E-state index in [1.165, 1.54) is 29.8 Å². The van der Waals surface area contributed by atoms with E-state index < -0.39 is 23.3 Å². The Labute approximate surface area is 229 Å². The van der Waals surface area contributed by atoms with Crippen LogP contribution < -0.4 is 4.90 Å². The Kier molecular flexibility index (Phi) is 7.87. The molecule has 2 aromatic rings. The minimum atomic E-state index is -0.744. The number of benzene rings is 2. The van der Waals surface area contributed by atoms with Crippen LogP contribution in [-0.2, 0) is 17.8 Å². The molecular formula is C31H38FN3O4. The second-order valence-electron chi connectivity index (χ2n) is 11.9. The zero-order valence-electron chi connectivity index (χ0n) is 22.8. The van der Waals surface area contributed by atoms with Crippen LogP contribution in [-0.4, -0.2) is 57.6 Å². The average Bonchev–Trinajstić information content (AvgIpc) is 3.25. The number of nitrogens with zero attached hydrogens (tertiary/aromatic N) is 3. The molecule has 8 heteroatoms. The summed E-state index contributed by atoms with van der Waals surface area (Å²) in [6.45, 7) is 6.48. The lowest BCUT2D eigenvalue weighted by atomic mass is 9.83. The van der Waals surface area contributed by atoms with Gasteiger partial charge in [0.25, 0.3) is 5.91 Å². The summed E-state index contributed by atoms with van der Waals surface area (Å²) < 4.78 is 13.4. The van der Waals surface area contributed by atoms with Gasteiger partial charge in [-0.15, -0.1) is 0 Å². The third-order valence-corrected chi connectivity index (χ3v) is 8.76. The number of hydrogen-bond acceptors (Lipinski definition) is 4. The van der Waals surface area contributed by atoms with Crippen molar-refractivity contribution in [3.05, 3.63) is 65.0 Å². The topological polar surface area (TPSA) is 93.4 Å². The van der Waals surface area contributed by atoms with E-state index >= 15 is 0 Å². The summed E-state index contributed by atoms with van der Waals surface area (Å²) in [5.74, 6) is -0.907. The van der Waals surface area contributed by atoms with Gasteiger partial charge in [-0.2, -0.15) is 4.99 Å². The SMILES string of the molecule is CC(C)(O)C1CCN(Cc2ccc3c(c2)N(C2CCC(C(=O)O)CC2)C(=NC(=O)c2ccc(F)cc2)C3)CC1. The van der Waals surface area contributed by atoms with Gasteiger partial charge in [-0.1, -0.05) is 12.1 Å². The van der Waals surface area contributed by atoms with E-state index in [9.17, 15) is 24.2 Å². The van der Waals surface area contributed by atoms with Crippen LogP contribution in [0.5, 0.6) is 0 Å². The van der Waals surface area contributed by atoms with Crippen molar-refractivity contribution in [2.24, 2.45) is 16.8 Å². The fourth-order valence-corrected chi connectivity index (χ4v) is 6.39. The monoisotopic (exact) mass is 535 g/mol. The van der Waals surface area contributed by atoms with Crippen LogP contribution in [0, 0.1) is 17.7 Å². The first-order valence-corrected chi connectivity index (χ1v) is 14.0. The van der Waals surface area contributed by atoms with Crippen LogP contribution in [0.3, 0.4) is 0 Å². The van der Waals surface area contributed by atoms with Crippen molar-refractivity contribution in [2.45, 2.75) is 77.0 Å². The summed E-state index contributed by atoms with van der Waals surface area (Å²) in [5.41, 5.74) is 3.02. The Balaban J connectivity index is 1.38. The highest BCUT2D eigenvalue weighted by Gasteiger charge is 2.36. The number of rotatable bonds is 6. The van der Waals surface area contributed by atoms with Crippen LogP contribution in [0.2, 0.25) is 0 Å². The zero-order chi connectivity index (χ0) is 27.7. The molecule has 1 aliphatic carbocycles. The molecule has 1 saturated heterocycles. The molecular weight excluding hydrogens is 497 g/mol. The summed E-state index contributed by atoms with van der Waals surface area (Å²) >= 11 is 0. The van der Waals surface area contributed by atoms with Gasteiger partial charge >= 0.3 is 5.97 Å². The molecule has 2 fully saturated rings. The molecule has 0 spiro atoms. The smallest absolute Gasteiger partial charge is 0.306 e. The summed E-state index contributed by atoms with van der Waals surface area (Å²) in [6.07, 6.45) is 5.09. The van der Waals surface area contributed by atoms with Crippen LogP contribution >= 0.6 is 0 Å². The van der Waals surface area contributed by atoms with Crippen molar-refractivity contribution in [2.75, 3.05) is 18.0 Å². The number of fused-ring (bicyclic) bond motifs is 1. The number of aliphatic hydroxyl groups is 1. The van der Waals surface area contributed by atoms with Crippen molar-refractivity contribution in [3.8, 4) is 0 Å². The fraction of sp³-hybridized carbons (Fsp3) is 0.516. The molecule has 2 N–H and O–H groups in total. The van der Waals surface area contributed by atoms with Gasteiger partial charge in [-0.25, -0.2) is 4.39 Å². The van der Waals surface area contributed by atoms with Crippen molar-refractivity contribution in [1.82, 2.24) is 4.90 Å². The predicted molar refractivity (Wildman–Crippen MR) is 148 cm³/mol.